The standard InChI is InChI=1S/C14H21ClN2O/c1-10-9-11(15)5-6-12(10)18-8-4-7-14(2,3)13(16)17/h5-6,9H,4,7-8H2,1-3H3,(H3,16,17). The number of amidine groups is 1. The minimum absolute atomic E-state index is 0.227. The molecule has 1 aromatic carbocycles. The predicted octanol–water partition coefficient (Wildman–Crippen LogP) is 3.77. The zero-order valence-electron chi connectivity index (χ0n) is 11.2. The molecule has 0 saturated heterocycles. The molecule has 0 bridgehead atoms. The number of halogens is 1. The van der Waals surface area contributed by atoms with Gasteiger partial charge in [-0.1, -0.05) is 25.4 Å². The summed E-state index contributed by atoms with van der Waals surface area (Å²) in [6.07, 6.45) is 1.71. The molecule has 0 aliphatic rings. The van der Waals surface area contributed by atoms with E-state index in [1.54, 1.807) is 0 Å². The zero-order chi connectivity index (χ0) is 13.8. The molecule has 0 heterocycles. The number of aryl methyl sites for hydroxylation is 1. The SMILES string of the molecule is Cc1cc(Cl)ccc1OCCCC(C)(C)C(=N)N. The summed E-state index contributed by atoms with van der Waals surface area (Å²) >= 11 is 5.88. The molecule has 0 radical (unpaired) electrons. The van der Waals surface area contributed by atoms with E-state index in [0.717, 1.165) is 29.2 Å². The van der Waals surface area contributed by atoms with Crippen molar-refractivity contribution in [3.05, 3.63) is 28.8 Å². The molecular formula is C14H21ClN2O. The highest BCUT2D eigenvalue weighted by Gasteiger charge is 2.20. The van der Waals surface area contributed by atoms with Crippen molar-refractivity contribution < 1.29 is 4.74 Å². The van der Waals surface area contributed by atoms with E-state index >= 15 is 0 Å². The van der Waals surface area contributed by atoms with Gasteiger partial charge in [-0.25, -0.2) is 0 Å². The third kappa shape index (κ3) is 4.22. The third-order valence-corrected chi connectivity index (χ3v) is 3.30. The van der Waals surface area contributed by atoms with Gasteiger partial charge in [-0.05, 0) is 43.5 Å². The van der Waals surface area contributed by atoms with Crippen molar-refractivity contribution in [2.75, 3.05) is 6.61 Å². The Hall–Kier alpha value is -1.22. The molecule has 0 aliphatic heterocycles. The number of nitrogens with two attached hydrogens (primary N) is 1. The van der Waals surface area contributed by atoms with Crippen LogP contribution >= 0.6 is 11.6 Å². The zero-order valence-corrected chi connectivity index (χ0v) is 12.0. The minimum atomic E-state index is -0.252. The fraction of sp³-hybridized carbons (Fsp3) is 0.500. The van der Waals surface area contributed by atoms with Crippen molar-refractivity contribution in [3.63, 3.8) is 0 Å². The number of hydrogen-bond acceptors (Lipinski definition) is 2. The minimum Gasteiger partial charge on any atom is -0.493 e. The average molecular weight is 269 g/mol. The Morgan fingerprint density at radius 2 is 2.11 bits per heavy atom. The number of rotatable bonds is 6. The summed E-state index contributed by atoms with van der Waals surface area (Å²) in [4.78, 5) is 0. The molecule has 0 aromatic heterocycles. The smallest absolute Gasteiger partial charge is 0.122 e. The van der Waals surface area contributed by atoms with Crippen LogP contribution in [0.25, 0.3) is 0 Å². The molecule has 4 heteroatoms. The first-order valence-corrected chi connectivity index (χ1v) is 6.44. The van der Waals surface area contributed by atoms with Crippen LogP contribution in [0.1, 0.15) is 32.3 Å². The maximum absolute atomic E-state index is 7.48. The highest BCUT2D eigenvalue weighted by atomic mass is 35.5. The molecule has 0 fully saturated rings. The molecular weight excluding hydrogens is 248 g/mol. The highest BCUT2D eigenvalue weighted by Crippen LogP contribution is 2.24. The molecule has 100 valence electrons. The van der Waals surface area contributed by atoms with Crippen LogP contribution in [-0.2, 0) is 0 Å². The van der Waals surface area contributed by atoms with Crippen LogP contribution in [0.15, 0.2) is 18.2 Å². The fourth-order valence-corrected chi connectivity index (χ4v) is 1.83. The summed E-state index contributed by atoms with van der Waals surface area (Å²) in [6.45, 7) is 6.55. The van der Waals surface area contributed by atoms with E-state index in [0.29, 0.717) is 6.61 Å². The van der Waals surface area contributed by atoms with Crippen molar-refractivity contribution in [1.29, 1.82) is 5.41 Å². The summed E-state index contributed by atoms with van der Waals surface area (Å²) in [5.74, 6) is 1.09. The predicted molar refractivity (Wildman–Crippen MR) is 76.6 cm³/mol. The van der Waals surface area contributed by atoms with E-state index in [1.807, 2.05) is 39.0 Å². The van der Waals surface area contributed by atoms with Gasteiger partial charge >= 0.3 is 0 Å². The molecule has 1 rings (SSSR count). The van der Waals surface area contributed by atoms with Crippen molar-refractivity contribution in [2.45, 2.75) is 33.6 Å². The van der Waals surface area contributed by atoms with Gasteiger partial charge in [-0.2, -0.15) is 0 Å². The van der Waals surface area contributed by atoms with E-state index in [9.17, 15) is 0 Å². The first-order chi connectivity index (χ1) is 8.33. The third-order valence-electron chi connectivity index (χ3n) is 3.07. The van der Waals surface area contributed by atoms with E-state index in [-0.39, 0.29) is 11.3 Å². The lowest BCUT2D eigenvalue weighted by Crippen LogP contribution is -2.31. The number of benzene rings is 1. The van der Waals surface area contributed by atoms with E-state index in [4.69, 9.17) is 27.5 Å². The van der Waals surface area contributed by atoms with Crippen LogP contribution in [0.3, 0.4) is 0 Å². The normalized spacial score (nSPS) is 11.3. The van der Waals surface area contributed by atoms with E-state index in [2.05, 4.69) is 0 Å². The molecule has 0 saturated carbocycles. The second kappa shape index (κ2) is 6.10. The van der Waals surface area contributed by atoms with Gasteiger partial charge in [-0.15, -0.1) is 0 Å². The largest absolute Gasteiger partial charge is 0.493 e. The highest BCUT2D eigenvalue weighted by molar-refractivity contribution is 6.30. The quantitative estimate of drug-likeness (QED) is 0.469. The Labute approximate surface area is 114 Å². The Morgan fingerprint density at radius 3 is 2.67 bits per heavy atom. The summed E-state index contributed by atoms with van der Waals surface area (Å²) in [7, 11) is 0. The molecule has 0 spiro atoms. The summed E-state index contributed by atoms with van der Waals surface area (Å²) in [5.41, 5.74) is 6.32. The average Bonchev–Trinajstić information content (AvgIpc) is 2.26. The summed E-state index contributed by atoms with van der Waals surface area (Å²) < 4.78 is 5.70. The van der Waals surface area contributed by atoms with Crippen molar-refractivity contribution in [3.8, 4) is 5.75 Å². The lowest BCUT2D eigenvalue weighted by Gasteiger charge is -2.22. The van der Waals surface area contributed by atoms with Gasteiger partial charge in [0, 0.05) is 10.4 Å². The molecule has 0 amide bonds. The number of ether oxygens (including phenoxy) is 1. The van der Waals surface area contributed by atoms with Gasteiger partial charge < -0.3 is 10.5 Å². The van der Waals surface area contributed by atoms with Gasteiger partial charge in [0.2, 0.25) is 0 Å². The van der Waals surface area contributed by atoms with Crippen LogP contribution in [0.5, 0.6) is 5.75 Å². The van der Waals surface area contributed by atoms with Crippen LogP contribution in [0.4, 0.5) is 0 Å². The number of nitrogens with one attached hydrogen (secondary N) is 1. The molecule has 3 nitrogen and oxygen atoms in total. The maximum atomic E-state index is 7.48. The van der Waals surface area contributed by atoms with Gasteiger partial charge in [-0.3, -0.25) is 5.41 Å². The lowest BCUT2D eigenvalue weighted by molar-refractivity contribution is 0.285. The Kier molecular flexibility index (Phi) is 5.03. The molecule has 18 heavy (non-hydrogen) atoms. The monoisotopic (exact) mass is 268 g/mol. The molecule has 0 aliphatic carbocycles. The number of hydrogen-bond donors (Lipinski definition) is 2. The van der Waals surface area contributed by atoms with Gasteiger partial charge in [0.1, 0.15) is 5.75 Å². The van der Waals surface area contributed by atoms with Crippen LogP contribution in [0.2, 0.25) is 5.02 Å². The van der Waals surface area contributed by atoms with Crippen LogP contribution in [0, 0.1) is 17.7 Å². The van der Waals surface area contributed by atoms with Crippen molar-refractivity contribution >= 4 is 17.4 Å². The van der Waals surface area contributed by atoms with E-state index in [1.165, 1.54) is 0 Å². The maximum Gasteiger partial charge on any atom is 0.122 e. The van der Waals surface area contributed by atoms with Gasteiger partial charge in [0.15, 0.2) is 0 Å². The molecule has 1 aromatic rings. The van der Waals surface area contributed by atoms with Gasteiger partial charge in [0.25, 0.3) is 0 Å². The Morgan fingerprint density at radius 1 is 1.44 bits per heavy atom. The second-order valence-electron chi connectivity index (χ2n) is 5.16. The fourth-order valence-electron chi connectivity index (χ4n) is 1.61. The Bertz CT molecular complexity index is 430. The van der Waals surface area contributed by atoms with Crippen molar-refractivity contribution in [2.24, 2.45) is 11.1 Å². The molecule has 0 atom stereocenters. The van der Waals surface area contributed by atoms with Crippen LogP contribution in [-0.4, -0.2) is 12.4 Å². The molecule has 0 unspecified atom stereocenters. The topological polar surface area (TPSA) is 59.1 Å². The summed E-state index contributed by atoms with van der Waals surface area (Å²) in [6, 6.07) is 5.59. The first kappa shape index (κ1) is 14.8. The van der Waals surface area contributed by atoms with Gasteiger partial charge in [0.05, 0.1) is 12.4 Å². The molecule has 3 N–H and O–H groups in total. The lowest BCUT2D eigenvalue weighted by atomic mass is 9.87. The first-order valence-electron chi connectivity index (χ1n) is 6.06. The Balaban J connectivity index is 2.41. The second-order valence-corrected chi connectivity index (χ2v) is 5.60. The van der Waals surface area contributed by atoms with Crippen LogP contribution < -0.4 is 10.5 Å². The summed E-state index contributed by atoms with van der Waals surface area (Å²) in [5, 5.41) is 8.20. The van der Waals surface area contributed by atoms with E-state index < -0.39 is 0 Å². The van der Waals surface area contributed by atoms with Crippen molar-refractivity contribution in [1.82, 2.24) is 0 Å².